The van der Waals surface area contributed by atoms with Gasteiger partial charge in [-0.1, -0.05) is 109 Å². The Morgan fingerprint density at radius 1 is 0.778 bits per heavy atom. The average Bonchev–Trinajstić information content (AvgIpc) is 3.02. The van der Waals surface area contributed by atoms with E-state index in [0.717, 1.165) is 9.87 Å². The average molecular weight is 687 g/mol. The number of carbonyl (C=O) groups is 2. The minimum Gasteiger partial charge on any atom is -0.354 e. The number of anilines is 1. The van der Waals surface area contributed by atoms with Crippen LogP contribution in [0.5, 0.6) is 0 Å². The van der Waals surface area contributed by atoms with Gasteiger partial charge in [0.15, 0.2) is 0 Å². The molecule has 0 unspecified atom stereocenters. The van der Waals surface area contributed by atoms with Gasteiger partial charge in [-0.3, -0.25) is 13.9 Å². The van der Waals surface area contributed by atoms with E-state index in [1.807, 2.05) is 44.2 Å². The molecule has 0 fully saturated rings. The zero-order chi connectivity index (χ0) is 32.6. The number of sulfonamides is 1. The number of benzene rings is 4. The maximum absolute atomic E-state index is 14.5. The van der Waals surface area contributed by atoms with Gasteiger partial charge in [0.2, 0.25) is 11.8 Å². The monoisotopic (exact) mass is 685 g/mol. The minimum atomic E-state index is -4.31. The Morgan fingerprint density at radius 3 is 2.04 bits per heavy atom. The number of carbonyl (C=O) groups excluding carboxylic acids is 2. The first-order chi connectivity index (χ1) is 21.5. The van der Waals surface area contributed by atoms with E-state index in [1.54, 1.807) is 42.5 Å². The van der Waals surface area contributed by atoms with Crippen LogP contribution in [0.3, 0.4) is 0 Å². The van der Waals surface area contributed by atoms with E-state index in [9.17, 15) is 18.0 Å². The topological polar surface area (TPSA) is 86.8 Å². The maximum Gasteiger partial charge on any atom is 0.264 e. The molecule has 2 amide bonds. The second kappa shape index (κ2) is 15.6. The fourth-order valence-electron chi connectivity index (χ4n) is 4.72. The van der Waals surface area contributed by atoms with Crippen LogP contribution in [0.2, 0.25) is 15.1 Å². The molecule has 4 aromatic carbocycles. The molecule has 0 aliphatic heterocycles. The van der Waals surface area contributed by atoms with E-state index in [4.69, 9.17) is 34.8 Å². The molecule has 0 radical (unpaired) electrons. The highest BCUT2D eigenvalue weighted by atomic mass is 35.5. The van der Waals surface area contributed by atoms with Gasteiger partial charge in [-0.25, -0.2) is 8.42 Å². The van der Waals surface area contributed by atoms with Gasteiger partial charge in [0, 0.05) is 29.6 Å². The lowest BCUT2D eigenvalue weighted by molar-refractivity contribution is -0.140. The molecule has 0 saturated carbocycles. The quantitative estimate of drug-likeness (QED) is 0.161. The molecular formula is C34H34Cl3N3O4S. The van der Waals surface area contributed by atoms with E-state index in [-0.39, 0.29) is 45.4 Å². The van der Waals surface area contributed by atoms with Crippen LogP contribution in [-0.4, -0.2) is 44.3 Å². The van der Waals surface area contributed by atoms with Crippen molar-refractivity contribution in [3.8, 4) is 0 Å². The summed E-state index contributed by atoms with van der Waals surface area (Å²) in [5, 5.41) is 3.75. The maximum atomic E-state index is 14.5. The standard InChI is InChI=1S/C34H34Cl3N3O4S/c1-24(2)21-38-34(42)32(19-25-10-5-3-6-11-25)39(22-26-12-9-13-27(35)18-26)33(41)23-40(31-20-28(36)16-17-30(31)37)45(43,44)29-14-7-4-8-15-29/h3-18,20,24,32H,19,21-23H2,1-2H3,(H,38,42)/t32-/m1/s1. The highest BCUT2D eigenvalue weighted by Crippen LogP contribution is 2.33. The van der Waals surface area contributed by atoms with Crippen LogP contribution in [0.15, 0.2) is 108 Å². The predicted molar refractivity (Wildman–Crippen MR) is 181 cm³/mol. The first kappa shape index (κ1) is 34.3. The van der Waals surface area contributed by atoms with Gasteiger partial charge in [0.1, 0.15) is 12.6 Å². The first-order valence-corrected chi connectivity index (χ1v) is 16.9. The van der Waals surface area contributed by atoms with Crippen molar-refractivity contribution in [2.45, 2.75) is 37.8 Å². The molecule has 4 rings (SSSR count). The summed E-state index contributed by atoms with van der Waals surface area (Å²) in [5.41, 5.74) is 1.54. The van der Waals surface area contributed by atoms with Crippen molar-refractivity contribution in [3.05, 3.63) is 129 Å². The highest BCUT2D eigenvalue weighted by Gasteiger charge is 2.35. The highest BCUT2D eigenvalue weighted by molar-refractivity contribution is 7.92. The van der Waals surface area contributed by atoms with E-state index >= 15 is 0 Å². The third-order valence-corrected chi connectivity index (χ3v) is 9.55. The van der Waals surface area contributed by atoms with Gasteiger partial charge in [-0.15, -0.1) is 0 Å². The normalized spacial score (nSPS) is 12.0. The molecule has 0 bridgehead atoms. The third kappa shape index (κ3) is 9.23. The molecule has 4 aromatic rings. The lowest BCUT2D eigenvalue weighted by atomic mass is 10.0. The van der Waals surface area contributed by atoms with Crippen LogP contribution in [0.4, 0.5) is 5.69 Å². The third-order valence-electron chi connectivity index (χ3n) is 6.98. The summed E-state index contributed by atoms with van der Waals surface area (Å²) in [6, 6.07) is 27.5. The second-order valence-corrected chi connectivity index (χ2v) is 14.1. The van der Waals surface area contributed by atoms with Crippen molar-refractivity contribution in [3.63, 3.8) is 0 Å². The van der Waals surface area contributed by atoms with Crippen molar-refractivity contribution >= 4 is 62.3 Å². The Hall–Kier alpha value is -3.56. The van der Waals surface area contributed by atoms with Gasteiger partial charge >= 0.3 is 0 Å². The van der Waals surface area contributed by atoms with Crippen LogP contribution in [-0.2, 0) is 32.6 Å². The Morgan fingerprint density at radius 2 is 1.40 bits per heavy atom. The summed E-state index contributed by atoms with van der Waals surface area (Å²) in [6.07, 6.45) is 0.195. The van der Waals surface area contributed by atoms with Crippen molar-refractivity contribution in [2.75, 3.05) is 17.4 Å². The molecule has 0 aliphatic rings. The lowest BCUT2D eigenvalue weighted by Crippen LogP contribution is -2.53. The van der Waals surface area contributed by atoms with Crippen molar-refractivity contribution in [1.82, 2.24) is 10.2 Å². The molecule has 0 aliphatic carbocycles. The van der Waals surface area contributed by atoms with E-state index < -0.39 is 28.5 Å². The Balaban J connectivity index is 1.82. The second-order valence-electron chi connectivity index (χ2n) is 10.9. The molecule has 0 heterocycles. The van der Waals surface area contributed by atoms with Crippen molar-refractivity contribution < 1.29 is 18.0 Å². The van der Waals surface area contributed by atoms with Gasteiger partial charge in [-0.2, -0.15) is 0 Å². The van der Waals surface area contributed by atoms with Gasteiger partial charge in [-0.05, 0) is 59.5 Å². The van der Waals surface area contributed by atoms with Crippen LogP contribution in [0.25, 0.3) is 0 Å². The number of rotatable bonds is 13. The van der Waals surface area contributed by atoms with Crippen molar-refractivity contribution in [1.29, 1.82) is 0 Å². The number of hydrogen-bond donors (Lipinski definition) is 1. The summed E-state index contributed by atoms with van der Waals surface area (Å²) >= 11 is 19.1. The summed E-state index contributed by atoms with van der Waals surface area (Å²) in [6.45, 7) is 3.69. The number of amides is 2. The van der Waals surface area contributed by atoms with E-state index in [0.29, 0.717) is 17.1 Å². The summed E-state index contributed by atoms with van der Waals surface area (Å²) < 4.78 is 29.1. The largest absolute Gasteiger partial charge is 0.354 e. The molecule has 45 heavy (non-hydrogen) atoms. The molecule has 0 aromatic heterocycles. The summed E-state index contributed by atoms with van der Waals surface area (Å²) in [5.74, 6) is -0.813. The lowest BCUT2D eigenvalue weighted by Gasteiger charge is -2.34. The van der Waals surface area contributed by atoms with E-state index in [2.05, 4.69) is 5.32 Å². The minimum absolute atomic E-state index is 0.00546. The molecule has 11 heteroatoms. The Kier molecular flexibility index (Phi) is 11.9. The van der Waals surface area contributed by atoms with Crippen LogP contribution in [0, 0.1) is 5.92 Å². The van der Waals surface area contributed by atoms with Crippen LogP contribution >= 0.6 is 34.8 Å². The van der Waals surface area contributed by atoms with Crippen LogP contribution < -0.4 is 9.62 Å². The van der Waals surface area contributed by atoms with Gasteiger partial charge in [0.25, 0.3) is 10.0 Å². The predicted octanol–water partition coefficient (Wildman–Crippen LogP) is 7.25. The fourth-order valence-corrected chi connectivity index (χ4v) is 6.81. The molecule has 7 nitrogen and oxygen atoms in total. The Bertz CT molecular complexity index is 1720. The molecule has 1 N–H and O–H groups in total. The fraction of sp³-hybridized carbons (Fsp3) is 0.235. The molecular weight excluding hydrogens is 653 g/mol. The number of nitrogens with zero attached hydrogens (tertiary/aromatic N) is 2. The number of halogens is 3. The van der Waals surface area contributed by atoms with Gasteiger partial charge in [0.05, 0.1) is 15.6 Å². The summed E-state index contributed by atoms with van der Waals surface area (Å²) in [7, 11) is -4.31. The zero-order valence-electron chi connectivity index (χ0n) is 24.9. The zero-order valence-corrected chi connectivity index (χ0v) is 28.0. The summed E-state index contributed by atoms with van der Waals surface area (Å²) in [4.78, 5) is 29.7. The molecule has 0 spiro atoms. The SMILES string of the molecule is CC(C)CNC(=O)[C@@H](Cc1ccccc1)N(Cc1cccc(Cl)c1)C(=O)CN(c1cc(Cl)ccc1Cl)S(=O)(=O)c1ccccc1. The van der Waals surface area contributed by atoms with Crippen LogP contribution in [0.1, 0.15) is 25.0 Å². The molecule has 0 saturated heterocycles. The first-order valence-electron chi connectivity index (χ1n) is 14.3. The molecule has 236 valence electrons. The molecule has 1 atom stereocenters. The van der Waals surface area contributed by atoms with E-state index in [1.165, 1.54) is 35.2 Å². The smallest absolute Gasteiger partial charge is 0.264 e. The number of nitrogens with one attached hydrogen (secondary N) is 1. The Labute approximate surface area is 279 Å². The van der Waals surface area contributed by atoms with Gasteiger partial charge < -0.3 is 10.2 Å². The number of hydrogen-bond acceptors (Lipinski definition) is 4. The van der Waals surface area contributed by atoms with Crippen molar-refractivity contribution in [2.24, 2.45) is 5.92 Å².